The van der Waals surface area contributed by atoms with Gasteiger partial charge in [0, 0.05) is 12.5 Å². The molecule has 0 radical (unpaired) electrons. The fourth-order valence-corrected chi connectivity index (χ4v) is 1.39. The smallest absolute Gasteiger partial charge is 0.305 e. The molecule has 0 fully saturated rings. The van der Waals surface area contributed by atoms with E-state index in [9.17, 15) is 13.6 Å². The number of carboxylic acid groups (broad SMARTS) is 1. The van der Waals surface area contributed by atoms with Gasteiger partial charge in [0.25, 0.3) is 0 Å². The van der Waals surface area contributed by atoms with Crippen molar-refractivity contribution in [3.05, 3.63) is 35.4 Å². The molecule has 16 heavy (non-hydrogen) atoms. The number of benzene rings is 1. The molecule has 1 rings (SSSR count). The molecule has 88 valence electrons. The van der Waals surface area contributed by atoms with Crippen molar-refractivity contribution in [3.63, 3.8) is 0 Å². The summed E-state index contributed by atoms with van der Waals surface area (Å²) in [6, 6.07) is 5.67. The second kappa shape index (κ2) is 5.55. The van der Waals surface area contributed by atoms with E-state index in [2.05, 4.69) is 0 Å². The van der Waals surface area contributed by atoms with Gasteiger partial charge >= 0.3 is 5.97 Å². The lowest BCUT2D eigenvalue weighted by Crippen LogP contribution is -2.14. The summed E-state index contributed by atoms with van der Waals surface area (Å²) in [5.41, 5.74) is 6.77. The van der Waals surface area contributed by atoms with Crippen molar-refractivity contribution in [1.82, 2.24) is 0 Å². The van der Waals surface area contributed by atoms with E-state index in [4.69, 9.17) is 10.8 Å². The van der Waals surface area contributed by atoms with Gasteiger partial charge in [0.2, 0.25) is 6.43 Å². The van der Waals surface area contributed by atoms with Crippen LogP contribution in [0.5, 0.6) is 0 Å². The van der Waals surface area contributed by atoms with Gasteiger partial charge in [0.05, 0.1) is 6.42 Å². The van der Waals surface area contributed by atoms with Gasteiger partial charge < -0.3 is 10.8 Å². The van der Waals surface area contributed by atoms with E-state index in [0.29, 0.717) is 11.1 Å². The summed E-state index contributed by atoms with van der Waals surface area (Å²) < 4.78 is 24.1. The van der Waals surface area contributed by atoms with Crippen molar-refractivity contribution in [2.45, 2.75) is 25.3 Å². The molecule has 0 aliphatic rings. The highest BCUT2D eigenvalue weighted by atomic mass is 19.3. The Balaban J connectivity index is 2.66. The molecule has 5 heteroatoms. The second-order valence-corrected chi connectivity index (χ2v) is 3.54. The quantitative estimate of drug-likeness (QED) is 0.811. The molecule has 0 aromatic heterocycles. The van der Waals surface area contributed by atoms with Gasteiger partial charge in [-0.3, -0.25) is 4.79 Å². The molecule has 0 saturated heterocycles. The lowest BCUT2D eigenvalue weighted by molar-refractivity contribution is -0.137. The maximum absolute atomic E-state index is 12.0. The molecule has 1 aromatic carbocycles. The lowest BCUT2D eigenvalue weighted by atomic mass is 10.0. The summed E-state index contributed by atoms with van der Waals surface area (Å²) in [5, 5.41) is 8.54. The van der Waals surface area contributed by atoms with Gasteiger partial charge in [0.1, 0.15) is 0 Å². The number of hydrogen-bond acceptors (Lipinski definition) is 2. The first kappa shape index (κ1) is 12.6. The van der Waals surface area contributed by atoms with E-state index < -0.39 is 18.4 Å². The van der Waals surface area contributed by atoms with Gasteiger partial charge in [-0.2, -0.15) is 0 Å². The van der Waals surface area contributed by atoms with Crippen LogP contribution in [0, 0.1) is 0 Å². The molecule has 1 atom stereocenters. The Labute approximate surface area is 91.9 Å². The molecular weight excluding hydrogens is 216 g/mol. The highest BCUT2D eigenvalue weighted by Crippen LogP contribution is 2.16. The van der Waals surface area contributed by atoms with Gasteiger partial charge in [0.15, 0.2) is 0 Å². The van der Waals surface area contributed by atoms with Gasteiger partial charge in [-0.15, -0.1) is 0 Å². The maximum atomic E-state index is 12.0. The summed E-state index contributed by atoms with van der Waals surface area (Å²) in [4.78, 5) is 10.4. The standard InChI is InChI=1S/C11H13F2NO2/c12-10(13)5-7-1-3-8(4-2-7)9(14)6-11(15)16/h1-4,9-10H,5-6,14H2,(H,15,16). The number of nitrogens with two attached hydrogens (primary N) is 1. The predicted molar refractivity (Wildman–Crippen MR) is 55.3 cm³/mol. The van der Waals surface area contributed by atoms with Crippen LogP contribution in [0.2, 0.25) is 0 Å². The van der Waals surface area contributed by atoms with Crippen LogP contribution >= 0.6 is 0 Å². The SMILES string of the molecule is NC(CC(=O)O)c1ccc(CC(F)F)cc1. The van der Waals surface area contributed by atoms with Crippen molar-refractivity contribution in [1.29, 1.82) is 0 Å². The summed E-state index contributed by atoms with van der Waals surface area (Å²) in [6.45, 7) is 0. The molecule has 1 aromatic rings. The first-order valence-electron chi connectivity index (χ1n) is 4.83. The maximum Gasteiger partial charge on any atom is 0.305 e. The number of carbonyl (C=O) groups is 1. The summed E-state index contributed by atoms with van der Waals surface area (Å²) in [5.74, 6) is -0.982. The first-order chi connectivity index (χ1) is 7.49. The largest absolute Gasteiger partial charge is 0.481 e. The predicted octanol–water partition coefficient (Wildman–Crippen LogP) is 1.97. The molecule has 0 heterocycles. The zero-order chi connectivity index (χ0) is 12.1. The zero-order valence-electron chi connectivity index (χ0n) is 8.57. The molecule has 0 bridgehead atoms. The number of carboxylic acids is 1. The van der Waals surface area contributed by atoms with Gasteiger partial charge in [-0.1, -0.05) is 24.3 Å². The highest BCUT2D eigenvalue weighted by molar-refractivity contribution is 5.67. The Morgan fingerprint density at radius 1 is 1.31 bits per heavy atom. The van der Waals surface area contributed by atoms with Gasteiger partial charge in [-0.25, -0.2) is 8.78 Å². The molecule has 0 amide bonds. The summed E-state index contributed by atoms with van der Waals surface area (Å²) in [6.07, 6.45) is -2.85. The first-order valence-corrected chi connectivity index (χ1v) is 4.83. The van der Waals surface area contributed by atoms with E-state index in [1.54, 1.807) is 24.3 Å². The van der Waals surface area contributed by atoms with Crippen LogP contribution in [0.15, 0.2) is 24.3 Å². The topological polar surface area (TPSA) is 63.3 Å². The second-order valence-electron chi connectivity index (χ2n) is 3.54. The molecular formula is C11H13F2NO2. The van der Waals surface area contributed by atoms with E-state index in [-0.39, 0.29) is 12.8 Å². The molecule has 0 aliphatic carbocycles. The van der Waals surface area contributed by atoms with Crippen molar-refractivity contribution in [2.24, 2.45) is 5.73 Å². The monoisotopic (exact) mass is 229 g/mol. The molecule has 0 aliphatic heterocycles. The fourth-order valence-electron chi connectivity index (χ4n) is 1.39. The Hall–Kier alpha value is -1.49. The summed E-state index contributed by atoms with van der Waals surface area (Å²) in [7, 11) is 0. The molecule has 3 nitrogen and oxygen atoms in total. The van der Waals surface area contributed by atoms with Crippen LogP contribution in [0.25, 0.3) is 0 Å². The minimum Gasteiger partial charge on any atom is -0.481 e. The average Bonchev–Trinajstić information content (AvgIpc) is 2.16. The Bertz CT molecular complexity index is 352. The third-order valence-corrected chi connectivity index (χ3v) is 2.19. The third-order valence-electron chi connectivity index (χ3n) is 2.19. The van der Waals surface area contributed by atoms with Crippen molar-refractivity contribution in [2.75, 3.05) is 0 Å². The molecule has 3 N–H and O–H groups in total. The number of rotatable bonds is 5. The zero-order valence-corrected chi connectivity index (χ0v) is 8.57. The number of aliphatic carboxylic acids is 1. The van der Waals surface area contributed by atoms with Gasteiger partial charge in [-0.05, 0) is 11.1 Å². The van der Waals surface area contributed by atoms with E-state index in [1.807, 2.05) is 0 Å². The Morgan fingerprint density at radius 3 is 2.31 bits per heavy atom. The minimum absolute atomic E-state index is 0.172. The van der Waals surface area contributed by atoms with E-state index in [1.165, 1.54) is 0 Å². The molecule has 0 saturated carbocycles. The number of halogens is 2. The van der Waals surface area contributed by atoms with Crippen molar-refractivity contribution in [3.8, 4) is 0 Å². The van der Waals surface area contributed by atoms with Crippen molar-refractivity contribution < 1.29 is 18.7 Å². The number of alkyl halides is 2. The van der Waals surface area contributed by atoms with Crippen LogP contribution in [0.4, 0.5) is 8.78 Å². The van der Waals surface area contributed by atoms with Crippen LogP contribution in [-0.2, 0) is 11.2 Å². The molecule has 1 unspecified atom stereocenters. The normalized spacial score (nSPS) is 12.8. The fraction of sp³-hybridized carbons (Fsp3) is 0.364. The Kier molecular flexibility index (Phi) is 4.37. The Morgan fingerprint density at radius 2 is 1.88 bits per heavy atom. The van der Waals surface area contributed by atoms with Crippen LogP contribution < -0.4 is 5.73 Å². The summed E-state index contributed by atoms with van der Waals surface area (Å²) >= 11 is 0. The molecule has 0 spiro atoms. The van der Waals surface area contributed by atoms with Crippen molar-refractivity contribution >= 4 is 5.97 Å². The van der Waals surface area contributed by atoms with E-state index >= 15 is 0 Å². The minimum atomic E-state index is -2.38. The van der Waals surface area contributed by atoms with Crippen LogP contribution in [0.3, 0.4) is 0 Å². The van der Waals surface area contributed by atoms with Crippen LogP contribution in [0.1, 0.15) is 23.6 Å². The average molecular weight is 229 g/mol. The van der Waals surface area contributed by atoms with E-state index in [0.717, 1.165) is 0 Å². The third kappa shape index (κ3) is 3.94. The number of hydrogen-bond donors (Lipinski definition) is 2. The lowest BCUT2D eigenvalue weighted by Gasteiger charge is -2.10. The highest BCUT2D eigenvalue weighted by Gasteiger charge is 2.11. The van der Waals surface area contributed by atoms with Crippen LogP contribution in [-0.4, -0.2) is 17.5 Å².